The minimum atomic E-state index is -0.805. The number of nitrogens with one attached hydrogen (secondary N) is 1. The molecule has 0 spiro atoms. The first-order valence-electron chi connectivity index (χ1n) is 5.67. The zero-order valence-electron chi connectivity index (χ0n) is 11.0. The molecule has 0 aliphatic rings. The van der Waals surface area contributed by atoms with Crippen molar-refractivity contribution in [1.29, 1.82) is 0 Å². The summed E-state index contributed by atoms with van der Waals surface area (Å²) in [6.07, 6.45) is 0. The predicted octanol–water partition coefficient (Wildman–Crippen LogP) is 1.61. The summed E-state index contributed by atoms with van der Waals surface area (Å²) in [4.78, 5) is 22.0. The van der Waals surface area contributed by atoms with Crippen molar-refractivity contribution in [3.05, 3.63) is 28.3 Å². The van der Waals surface area contributed by atoms with Crippen LogP contribution in [-0.2, 0) is 4.79 Å². The minimum Gasteiger partial charge on any atom is -0.508 e. The number of phenols is 1. The quantitative estimate of drug-likeness (QED) is 0.436. The van der Waals surface area contributed by atoms with Gasteiger partial charge in [0.2, 0.25) is 5.91 Å². The molecule has 1 aromatic carbocycles. The van der Waals surface area contributed by atoms with Crippen LogP contribution in [0.1, 0.15) is 20.8 Å². The van der Waals surface area contributed by atoms with Crippen LogP contribution in [0.15, 0.2) is 18.2 Å². The van der Waals surface area contributed by atoms with Crippen molar-refractivity contribution < 1.29 is 14.8 Å². The maximum Gasteiger partial charge on any atom is 0.296 e. The van der Waals surface area contributed by atoms with Gasteiger partial charge in [-0.05, 0) is 17.5 Å². The largest absolute Gasteiger partial charge is 0.508 e. The number of phenolic OH excluding ortho intramolecular Hbond substituents is 1. The molecule has 0 heterocycles. The summed E-state index contributed by atoms with van der Waals surface area (Å²) in [6.45, 7) is 5.38. The van der Waals surface area contributed by atoms with Crippen LogP contribution in [0.25, 0.3) is 0 Å². The highest BCUT2D eigenvalue weighted by Crippen LogP contribution is 2.29. The molecule has 0 radical (unpaired) electrons. The number of nitrogens with zero attached hydrogens (tertiary/aromatic N) is 1. The molecule has 0 fully saturated rings. The van der Waals surface area contributed by atoms with Crippen LogP contribution in [0.2, 0.25) is 0 Å². The average molecular weight is 267 g/mol. The lowest BCUT2D eigenvalue weighted by Gasteiger charge is -2.25. The van der Waals surface area contributed by atoms with Crippen LogP contribution in [0, 0.1) is 15.5 Å². The van der Waals surface area contributed by atoms with Gasteiger partial charge in [-0.25, -0.2) is 0 Å². The Morgan fingerprint density at radius 2 is 2.05 bits per heavy atom. The number of nitro groups is 1. The maximum atomic E-state index is 11.9. The number of nitrogens with two attached hydrogens (primary N) is 1. The van der Waals surface area contributed by atoms with E-state index in [4.69, 9.17) is 5.73 Å². The van der Waals surface area contributed by atoms with Crippen LogP contribution >= 0.6 is 0 Å². The van der Waals surface area contributed by atoms with E-state index in [1.807, 2.05) is 0 Å². The van der Waals surface area contributed by atoms with Gasteiger partial charge in [-0.1, -0.05) is 20.8 Å². The number of anilines is 1. The molecule has 104 valence electrons. The number of carbonyl (C=O) groups is 1. The molecule has 7 nitrogen and oxygen atoms in total. The molecular formula is C12H17N3O4. The van der Waals surface area contributed by atoms with Gasteiger partial charge in [-0.2, -0.15) is 0 Å². The standard InChI is InChI=1S/C12H17N3O4/c1-12(2,3)10(13)11(17)14-8-5-4-7(16)6-9(8)15(18)19/h4-6,10,16H,13H2,1-3H3,(H,14,17)/t10-/m0/s1. The fourth-order valence-electron chi connectivity index (χ4n) is 1.38. The fourth-order valence-corrected chi connectivity index (χ4v) is 1.38. The van der Waals surface area contributed by atoms with Crippen LogP contribution in [0.4, 0.5) is 11.4 Å². The van der Waals surface area contributed by atoms with E-state index >= 15 is 0 Å². The van der Waals surface area contributed by atoms with E-state index in [1.54, 1.807) is 20.8 Å². The van der Waals surface area contributed by atoms with Gasteiger partial charge in [0.05, 0.1) is 17.0 Å². The Kier molecular flexibility index (Phi) is 4.10. The second-order valence-corrected chi connectivity index (χ2v) is 5.29. The topological polar surface area (TPSA) is 118 Å². The average Bonchev–Trinajstić information content (AvgIpc) is 2.28. The highest BCUT2D eigenvalue weighted by Gasteiger charge is 2.29. The van der Waals surface area contributed by atoms with Crippen molar-refractivity contribution in [2.75, 3.05) is 5.32 Å². The Hall–Kier alpha value is -2.15. The fraction of sp³-hybridized carbons (Fsp3) is 0.417. The van der Waals surface area contributed by atoms with Crippen LogP contribution in [0.5, 0.6) is 5.75 Å². The molecule has 0 saturated carbocycles. The number of hydrogen-bond acceptors (Lipinski definition) is 5. The Labute approximate surface area is 110 Å². The van der Waals surface area contributed by atoms with Crippen molar-refractivity contribution >= 4 is 17.3 Å². The van der Waals surface area contributed by atoms with Crippen LogP contribution < -0.4 is 11.1 Å². The van der Waals surface area contributed by atoms with Crippen molar-refractivity contribution in [2.24, 2.45) is 11.1 Å². The maximum absolute atomic E-state index is 11.9. The smallest absolute Gasteiger partial charge is 0.296 e. The lowest BCUT2D eigenvalue weighted by Crippen LogP contribution is -2.45. The lowest BCUT2D eigenvalue weighted by molar-refractivity contribution is -0.384. The zero-order valence-corrected chi connectivity index (χ0v) is 11.0. The van der Waals surface area contributed by atoms with E-state index in [1.165, 1.54) is 12.1 Å². The van der Waals surface area contributed by atoms with E-state index in [2.05, 4.69) is 5.32 Å². The lowest BCUT2D eigenvalue weighted by atomic mass is 9.87. The molecular weight excluding hydrogens is 250 g/mol. The van der Waals surface area contributed by atoms with Crippen LogP contribution in [-0.4, -0.2) is 22.0 Å². The van der Waals surface area contributed by atoms with E-state index < -0.39 is 22.3 Å². The Morgan fingerprint density at radius 1 is 1.47 bits per heavy atom. The summed E-state index contributed by atoms with van der Waals surface area (Å²) in [5.41, 5.74) is 4.93. The number of nitro benzene ring substituents is 1. The van der Waals surface area contributed by atoms with E-state index in [-0.39, 0.29) is 17.1 Å². The molecule has 1 atom stereocenters. The Morgan fingerprint density at radius 3 is 2.53 bits per heavy atom. The molecule has 0 aliphatic heterocycles. The van der Waals surface area contributed by atoms with Crippen LogP contribution in [0.3, 0.4) is 0 Å². The number of aromatic hydroxyl groups is 1. The zero-order chi connectivity index (χ0) is 14.8. The summed E-state index contributed by atoms with van der Waals surface area (Å²) in [7, 11) is 0. The first-order valence-corrected chi connectivity index (χ1v) is 5.67. The normalized spacial score (nSPS) is 12.8. The third-order valence-corrected chi connectivity index (χ3v) is 2.65. The van der Waals surface area contributed by atoms with Gasteiger partial charge in [0, 0.05) is 0 Å². The Bertz CT molecular complexity index is 508. The number of rotatable bonds is 3. The number of amides is 1. The van der Waals surface area contributed by atoms with Crippen molar-refractivity contribution in [3.8, 4) is 5.75 Å². The second-order valence-electron chi connectivity index (χ2n) is 5.29. The van der Waals surface area contributed by atoms with Gasteiger partial charge >= 0.3 is 0 Å². The summed E-state index contributed by atoms with van der Waals surface area (Å²) in [5, 5.41) is 22.5. The summed E-state index contributed by atoms with van der Waals surface area (Å²) >= 11 is 0. The molecule has 0 aromatic heterocycles. The SMILES string of the molecule is CC(C)(C)[C@@H](N)C(=O)Nc1ccc(O)cc1[N+](=O)[O-]. The molecule has 0 unspecified atom stereocenters. The van der Waals surface area contributed by atoms with Crippen molar-refractivity contribution in [2.45, 2.75) is 26.8 Å². The summed E-state index contributed by atoms with van der Waals surface area (Å²) in [5.74, 6) is -0.758. The molecule has 1 amide bonds. The molecule has 4 N–H and O–H groups in total. The van der Waals surface area contributed by atoms with Gasteiger partial charge in [0.1, 0.15) is 11.4 Å². The molecule has 1 rings (SSSR count). The first kappa shape index (κ1) is 14.9. The highest BCUT2D eigenvalue weighted by atomic mass is 16.6. The number of carbonyl (C=O) groups excluding carboxylic acids is 1. The van der Waals surface area contributed by atoms with Crippen molar-refractivity contribution in [1.82, 2.24) is 0 Å². The van der Waals surface area contributed by atoms with Gasteiger partial charge in [-0.3, -0.25) is 14.9 Å². The molecule has 1 aromatic rings. The van der Waals surface area contributed by atoms with Crippen molar-refractivity contribution in [3.63, 3.8) is 0 Å². The third-order valence-electron chi connectivity index (χ3n) is 2.65. The monoisotopic (exact) mass is 267 g/mol. The molecule has 0 saturated heterocycles. The molecule has 7 heteroatoms. The molecule has 0 aliphatic carbocycles. The second kappa shape index (κ2) is 5.23. The van der Waals surface area contributed by atoms with E-state index in [0.29, 0.717) is 0 Å². The number of hydrogen-bond donors (Lipinski definition) is 3. The summed E-state index contributed by atoms with van der Waals surface area (Å²) in [6, 6.07) is 2.69. The van der Waals surface area contributed by atoms with E-state index in [9.17, 15) is 20.0 Å². The summed E-state index contributed by atoms with van der Waals surface area (Å²) < 4.78 is 0. The highest BCUT2D eigenvalue weighted by molar-refractivity contribution is 5.97. The molecule has 19 heavy (non-hydrogen) atoms. The third kappa shape index (κ3) is 3.65. The Balaban J connectivity index is 3.00. The van der Waals surface area contributed by atoms with Gasteiger partial charge in [0.25, 0.3) is 5.69 Å². The predicted molar refractivity (Wildman–Crippen MR) is 70.8 cm³/mol. The van der Waals surface area contributed by atoms with Gasteiger partial charge in [0.15, 0.2) is 0 Å². The first-order chi connectivity index (χ1) is 8.62. The number of benzene rings is 1. The minimum absolute atomic E-state index is 0.00694. The van der Waals surface area contributed by atoms with Gasteiger partial charge in [-0.15, -0.1) is 0 Å². The molecule has 0 bridgehead atoms. The van der Waals surface area contributed by atoms with Gasteiger partial charge < -0.3 is 16.2 Å². The van der Waals surface area contributed by atoms with E-state index in [0.717, 1.165) is 6.07 Å².